The summed E-state index contributed by atoms with van der Waals surface area (Å²) in [6.07, 6.45) is -0.558. The van der Waals surface area contributed by atoms with E-state index in [1.807, 2.05) is 36.1 Å². The zero-order valence-corrected chi connectivity index (χ0v) is 27.4. The van der Waals surface area contributed by atoms with Gasteiger partial charge in [0.25, 0.3) is 0 Å². The van der Waals surface area contributed by atoms with Crippen molar-refractivity contribution in [3.63, 3.8) is 0 Å². The zero-order chi connectivity index (χ0) is 34.7. The second-order valence-corrected chi connectivity index (χ2v) is 13.0. The average molecular weight is 665 g/mol. The summed E-state index contributed by atoms with van der Waals surface area (Å²) in [6.45, 7) is 9.02. The molecule has 0 spiro atoms. The van der Waals surface area contributed by atoms with Gasteiger partial charge in [-0.15, -0.1) is 0 Å². The van der Waals surface area contributed by atoms with Crippen LogP contribution in [0.15, 0.2) is 54.9 Å². The van der Waals surface area contributed by atoms with Crippen molar-refractivity contribution in [1.82, 2.24) is 20.2 Å². The first-order valence-corrected chi connectivity index (χ1v) is 15.9. The van der Waals surface area contributed by atoms with Crippen LogP contribution in [0.1, 0.15) is 63.8 Å². The number of hydrogen-bond acceptors (Lipinski definition) is 8. The monoisotopic (exact) mass is 664 g/mol. The van der Waals surface area contributed by atoms with Crippen molar-refractivity contribution in [2.45, 2.75) is 70.2 Å². The van der Waals surface area contributed by atoms with Gasteiger partial charge in [0.2, 0.25) is 11.8 Å². The zero-order valence-electron chi connectivity index (χ0n) is 27.4. The van der Waals surface area contributed by atoms with Gasteiger partial charge in [-0.05, 0) is 83.4 Å². The van der Waals surface area contributed by atoms with E-state index >= 15 is 0 Å². The SMILES string of the molecule is CCOc1ncccc1-c1ccc(C2(C(=O)N[C@@H]3CCN(C(=O)OC(C)(C)C)C3)CCN(c3ccc(C(F)(F)F)cc3C#N)CC2)nc1. The summed E-state index contributed by atoms with van der Waals surface area (Å²) in [7, 11) is 0. The number of piperidine rings is 1. The molecule has 2 amide bonds. The Morgan fingerprint density at radius 2 is 1.83 bits per heavy atom. The number of carbonyl (C=O) groups is 2. The minimum absolute atomic E-state index is 0.0842. The third-order valence-electron chi connectivity index (χ3n) is 8.63. The summed E-state index contributed by atoms with van der Waals surface area (Å²) in [5.74, 6) is 0.221. The van der Waals surface area contributed by atoms with Crippen LogP contribution in [0.3, 0.4) is 0 Å². The highest BCUT2D eigenvalue weighted by atomic mass is 19.4. The van der Waals surface area contributed by atoms with Crippen LogP contribution >= 0.6 is 0 Å². The molecular weight excluding hydrogens is 625 g/mol. The standard InChI is InChI=1S/C35H39F3N6O4/c1-5-47-30-27(7-6-15-40-30)23-8-11-29(41-21-23)34(31(45)42-26-12-16-44(22-26)32(46)48-33(2,3)4)13-17-43(18-14-34)28-10-9-25(35(36,37)38)19-24(28)20-39/h6-11,15,19,21,26H,5,12-14,16-18,22H2,1-4H3,(H,42,45)/t26-/m1/s1. The number of pyridine rings is 2. The van der Waals surface area contributed by atoms with E-state index in [1.54, 1.807) is 44.1 Å². The number of likely N-dealkylation sites (tertiary alicyclic amines) is 1. The van der Waals surface area contributed by atoms with Gasteiger partial charge in [0.1, 0.15) is 11.7 Å². The fraction of sp³-hybridized carbons (Fsp3) is 0.457. The van der Waals surface area contributed by atoms with Crippen molar-refractivity contribution in [2.75, 3.05) is 37.7 Å². The number of alkyl halides is 3. The molecule has 254 valence electrons. The van der Waals surface area contributed by atoms with Crippen LogP contribution < -0.4 is 15.0 Å². The van der Waals surface area contributed by atoms with Gasteiger partial charge in [-0.3, -0.25) is 9.78 Å². The number of nitrogens with one attached hydrogen (secondary N) is 1. The Balaban J connectivity index is 1.41. The van der Waals surface area contributed by atoms with Crippen molar-refractivity contribution in [3.05, 3.63) is 71.7 Å². The summed E-state index contributed by atoms with van der Waals surface area (Å²) >= 11 is 0. The molecule has 0 radical (unpaired) electrons. The third-order valence-corrected chi connectivity index (χ3v) is 8.63. The fourth-order valence-electron chi connectivity index (χ4n) is 6.20. The van der Waals surface area contributed by atoms with E-state index in [-0.39, 0.29) is 30.4 Å². The molecule has 1 N–H and O–H groups in total. The summed E-state index contributed by atoms with van der Waals surface area (Å²) in [6, 6.07) is 12.1. The number of anilines is 1. The Hall–Kier alpha value is -4.86. The van der Waals surface area contributed by atoms with Crippen LogP contribution in [0.2, 0.25) is 0 Å². The van der Waals surface area contributed by atoms with E-state index in [2.05, 4.69) is 10.3 Å². The van der Waals surface area contributed by atoms with Gasteiger partial charge in [0, 0.05) is 55.7 Å². The van der Waals surface area contributed by atoms with Crippen molar-refractivity contribution >= 4 is 17.7 Å². The number of nitrogens with zero attached hydrogens (tertiary/aromatic N) is 5. The Kier molecular flexibility index (Phi) is 9.84. The summed E-state index contributed by atoms with van der Waals surface area (Å²) in [5, 5.41) is 12.8. The quantitative estimate of drug-likeness (QED) is 0.322. The smallest absolute Gasteiger partial charge is 0.416 e. The van der Waals surface area contributed by atoms with Gasteiger partial charge in [0.15, 0.2) is 0 Å². The number of halogens is 3. The highest BCUT2D eigenvalue weighted by Gasteiger charge is 2.46. The van der Waals surface area contributed by atoms with Gasteiger partial charge in [0.05, 0.1) is 34.5 Å². The topological polar surface area (TPSA) is 121 Å². The lowest BCUT2D eigenvalue weighted by Crippen LogP contribution is -2.54. The molecule has 1 aromatic carbocycles. The minimum atomic E-state index is -4.57. The molecule has 2 aliphatic heterocycles. The molecule has 10 nitrogen and oxygen atoms in total. The number of benzene rings is 1. The maximum atomic E-state index is 14.3. The highest BCUT2D eigenvalue weighted by Crippen LogP contribution is 2.40. The van der Waals surface area contributed by atoms with Crippen molar-refractivity contribution in [1.29, 1.82) is 5.26 Å². The van der Waals surface area contributed by atoms with Crippen molar-refractivity contribution < 1.29 is 32.2 Å². The van der Waals surface area contributed by atoms with E-state index in [4.69, 9.17) is 14.5 Å². The summed E-state index contributed by atoms with van der Waals surface area (Å²) in [5.41, 5.74) is -0.264. The number of amides is 2. The predicted molar refractivity (Wildman–Crippen MR) is 172 cm³/mol. The van der Waals surface area contributed by atoms with Crippen LogP contribution in [0.25, 0.3) is 11.1 Å². The van der Waals surface area contributed by atoms with Crippen molar-refractivity contribution in [3.8, 4) is 23.1 Å². The fourth-order valence-corrected chi connectivity index (χ4v) is 6.20. The first-order chi connectivity index (χ1) is 22.7. The van der Waals surface area contributed by atoms with Crippen LogP contribution in [0.5, 0.6) is 5.88 Å². The average Bonchev–Trinajstić information content (AvgIpc) is 3.52. The largest absolute Gasteiger partial charge is 0.478 e. The second-order valence-electron chi connectivity index (χ2n) is 13.0. The molecule has 5 rings (SSSR count). The molecule has 0 unspecified atom stereocenters. The molecule has 2 aliphatic rings. The number of carbonyl (C=O) groups excluding carboxylic acids is 2. The summed E-state index contributed by atoms with van der Waals surface area (Å²) < 4.78 is 51.2. The number of ether oxygens (including phenoxy) is 2. The van der Waals surface area contributed by atoms with Gasteiger partial charge in [-0.25, -0.2) is 9.78 Å². The first kappa shape index (κ1) is 34.5. The van der Waals surface area contributed by atoms with Crippen LogP contribution in [-0.4, -0.2) is 71.3 Å². The van der Waals surface area contributed by atoms with Crippen LogP contribution in [-0.2, 0) is 21.1 Å². The maximum Gasteiger partial charge on any atom is 0.416 e. The van der Waals surface area contributed by atoms with Gasteiger partial charge >= 0.3 is 12.3 Å². The van der Waals surface area contributed by atoms with E-state index in [0.29, 0.717) is 56.5 Å². The van der Waals surface area contributed by atoms with Crippen LogP contribution in [0.4, 0.5) is 23.7 Å². The lowest BCUT2D eigenvalue weighted by Gasteiger charge is -2.42. The van der Waals surface area contributed by atoms with Gasteiger partial charge in [-0.1, -0.05) is 6.07 Å². The van der Waals surface area contributed by atoms with Crippen molar-refractivity contribution in [2.24, 2.45) is 0 Å². The molecule has 2 fully saturated rings. The normalized spacial score (nSPS) is 17.8. The number of hydrogen-bond donors (Lipinski definition) is 1. The number of rotatable bonds is 7. The first-order valence-electron chi connectivity index (χ1n) is 15.9. The highest BCUT2D eigenvalue weighted by molar-refractivity contribution is 5.89. The molecule has 2 aromatic heterocycles. The van der Waals surface area contributed by atoms with E-state index in [9.17, 15) is 28.0 Å². The molecule has 0 bridgehead atoms. The molecule has 2 saturated heterocycles. The molecule has 13 heteroatoms. The Morgan fingerprint density at radius 1 is 1.08 bits per heavy atom. The molecule has 0 saturated carbocycles. The minimum Gasteiger partial charge on any atom is -0.478 e. The number of nitriles is 1. The molecule has 48 heavy (non-hydrogen) atoms. The van der Waals surface area contributed by atoms with Gasteiger partial charge in [-0.2, -0.15) is 18.4 Å². The molecule has 0 aliphatic carbocycles. The molecule has 4 heterocycles. The lowest BCUT2D eigenvalue weighted by molar-refractivity contribution is -0.137. The van der Waals surface area contributed by atoms with Gasteiger partial charge < -0.3 is 24.6 Å². The Bertz CT molecular complexity index is 1680. The summed E-state index contributed by atoms with van der Waals surface area (Å²) in [4.78, 5) is 39.5. The van der Waals surface area contributed by atoms with E-state index < -0.39 is 28.8 Å². The second kappa shape index (κ2) is 13.7. The van der Waals surface area contributed by atoms with Crippen LogP contribution in [0, 0.1) is 11.3 Å². The predicted octanol–water partition coefficient (Wildman–Crippen LogP) is 6.10. The lowest BCUT2D eigenvalue weighted by atomic mass is 9.74. The molecule has 1 atom stereocenters. The Labute approximate surface area is 277 Å². The van der Waals surface area contributed by atoms with E-state index in [0.717, 1.165) is 23.3 Å². The molecule has 3 aromatic rings. The maximum absolute atomic E-state index is 14.3. The number of aromatic nitrogens is 2. The third kappa shape index (κ3) is 7.48. The molecular formula is C35H39F3N6O4. The Morgan fingerprint density at radius 3 is 2.46 bits per heavy atom. The van der Waals surface area contributed by atoms with E-state index in [1.165, 1.54) is 6.07 Å².